The number of thiophene rings is 1. The molecule has 5 heteroatoms. The van der Waals surface area contributed by atoms with E-state index in [-0.39, 0.29) is 5.91 Å². The van der Waals surface area contributed by atoms with Gasteiger partial charge >= 0.3 is 0 Å². The Labute approximate surface area is 134 Å². The average molecular weight is 323 g/mol. The Morgan fingerprint density at radius 2 is 2.05 bits per heavy atom. The van der Waals surface area contributed by atoms with Crippen LogP contribution in [0.4, 0.5) is 5.69 Å². The molecule has 0 saturated heterocycles. The summed E-state index contributed by atoms with van der Waals surface area (Å²) in [6.45, 7) is 6.13. The van der Waals surface area contributed by atoms with E-state index in [1.807, 2.05) is 54.5 Å². The Kier molecular flexibility index (Phi) is 5.65. The SMILES string of the molecule is CCN(CC)C(=O)c1cccc(NCc2cc(Cl)cs2)c1. The van der Waals surface area contributed by atoms with Crippen LogP contribution >= 0.6 is 22.9 Å². The lowest BCUT2D eigenvalue weighted by Gasteiger charge is -2.19. The lowest BCUT2D eigenvalue weighted by atomic mass is 10.1. The summed E-state index contributed by atoms with van der Waals surface area (Å²) in [5.74, 6) is 0.0721. The maximum Gasteiger partial charge on any atom is 0.253 e. The Morgan fingerprint density at radius 3 is 2.67 bits per heavy atom. The first-order valence-corrected chi connectivity index (χ1v) is 8.26. The number of amides is 1. The van der Waals surface area contributed by atoms with Gasteiger partial charge in [0.25, 0.3) is 5.91 Å². The first-order chi connectivity index (χ1) is 10.1. The second-order valence-electron chi connectivity index (χ2n) is 4.64. The highest BCUT2D eigenvalue weighted by Crippen LogP contribution is 2.21. The normalized spacial score (nSPS) is 10.4. The van der Waals surface area contributed by atoms with Crippen molar-refractivity contribution in [2.75, 3.05) is 18.4 Å². The van der Waals surface area contributed by atoms with E-state index in [2.05, 4.69) is 5.32 Å². The number of hydrogen-bond donors (Lipinski definition) is 1. The van der Waals surface area contributed by atoms with Gasteiger partial charge < -0.3 is 10.2 Å². The van der Waals surface area contributed by atoms with Crippen molar-refractivity contribution in [2.24, 2.45) is 0 Å². The molecule has 1 heterocycles. The first-order valence-electron chi connectivity index (χ1n) is 7.00. The summed E-state index contributed by atoms with van der Waals surface area (Å²) in [4.78, 5) is 15.3. The summed E-state index contributed by atoms with van der Waals surface area (Å²) in [5, 5.41) is 6.01. The fourth-order valence-electron chi connectivity index (χ4n) is 2.09. The quantitative estimate of drug-likeness (QED) is 0.849. The molecule has 3 nitrogen and oxygen atoms in total. The van der Waals surface area contributed by atoms with Gasteiger partial charge in [-0.15, -0.1) is 11.3 Å². The van der Waals surface area contributed by atoms with Crippen LogP contribution in [-0.2, 0) is 6.54 Å². The summed E-state index contributed by atoms with van der Waals surface area (Å²) in [6.07, 6.45) is 0. The second-order valence-corrected chi connectivity index (χ2v) is 6.08. The van der Waals surface area contributed by atoms with Crippen molar-refractivity contribution in [3.63, 3.8) is 0 Å². The highest BCUT2D eigenvalue weighted by Gasteiger charge is 2.12. The van der Waals surface area contributed by atoms with Gasteiger partial charge in [-0.25, -0.2) is 0 Å². The highest BCUT2D eigenvalue weighted by atomic mass is 35.5. The molecule has 2 aromatic rings. The van der Waals surface area contributed by atoms with Crippen LogP contribution in [0.15, 0.2) is 35.7 Å². The number of benzene rings is 1. The molecule has 0 aliphatic heterocycles. The number of anilines is 1. The van der Waals surface area contributed by atoms with Crippen molar-refractivity contribution in [1.29, 1.82) is 0 Å². The molecule has 1 aromatic heterocycles. The molecule has 0 saturated carbocycles. The van der Waals surface area contributed by atoms with Gasteiger partial charge in [-0.05, 0) is 38.1 Å². The zero-order valence-corrected chi connectivity index (χ0v) is 13.8. The van der Waals surface area contributed by atoms with E-state index < -0.39 is 0 Å². The fraction of sp³-hybridized carbons (Fsp3) is 0.312. The highest BCUT2D eigenvalue weighted by molar-refractivity contribution is 7.10. The summed E-state index contributed by atoms with van der Waals surface area (Å²) in [6, 6.07) is 9.57. The Bertz CT molecular complexity index is 608. The fourth-order valence-corrected chi connectivity index (χ4v) is 3.10. The molecule has 0 atom stereocenters. The molecular weight excluding hydrogens is 304 g/mol. The monoisotopic (exact) mass is 322 g/mol. The largest absolute Gasteiger partial charge is 0.380 e. The summed E-state index contributed by atoms with van der Waals surface area (Å²) in [7, 11) is 0. The maximum atomic E-state index is 12.3. The third-order valence-corrected chi connectivity index (χ3v) is 4.53. The van der Waals surface area contributed by atoms with Crippen LogP contribution in [0.1, 0.15) is 29.1 Å². The van der Waals surface area contributed by atoms with Gasteiger partial charge in [0.05, 0.1) is 5.02 Å². The molecule has 0 aliphatic carbocycles. The number of carbonyl (C=O) groups is 1. The van der Waals surface area contributed by atoms with Crippen LogP contribution in [0.25, 0.3) is 0 Å². The van der Waals surface area contributed by atoms with Gasteiger partial charge in [0.15, 0.2) is 0 Å². The van der Waals surface area contributed by atoms with Crippen LogP contribution in [0.5, 0.6) is 0 Å². The van der Waals surface area contributed by atoms with Crippen molar-refractivity contribution >= 4 is 34.5 Å². The van der Waals surface area contributed by atoms with Crippen LogP contribution < -0.4 is 5.32 Å². The Balaban J connectivity index is 2.05. The van der Waals surface area contributed by atoms with E-state index in [1.54, 1.807) is 11.3 Å². The number of hydrogen-bond acceptors (Lipinski definition) is 3. The van der Waals surface area contributed by atoms with Gasteiger partial charge in [0, 0.05) is 41.1 Å². The van der Waals surface area contributed by atoms with Crippen molar-refractivity contribution in [2.45, 2.75) is 20.4 Å². The van der Waals surface area contributed by atoms with Crippen molar-refractivity contribution in [3.05, 3.63) is 51.2 Å². The molecule has 0 unspecified atom stereocenters. The lowest BCUT2D eigenvalue weighted by molar-refractivity contribution is 0.0773. The molecule has 1 amide bonds. The Hall–Kier alpha value is -1.52. The first kappa shape index (κ1) is 15.9. The van der Waals surface area contributed by atoms with E-state index in [1.165, 1.54) is 4.88 Å². The molecule has 1 aromatic carbocycles. The predicted molar refractivity (Wildman–Crippen MR) is 90.3 cm³/mol. The molecule has 112 valence electrons. The van der Waals surface area contributed by atoms with Gasteiger partial charge in [-0.3, -0.25) is 4.79 Å². The standard InChI is InChI=1S/C16H19ClN2OS/c1-3-19(4-2)16(20)12-6-5-7-14(8-12)18-10-15-9-13(17)11-21-15/h5-9,11,18H,3-4,10H2,1-2H3. The molecular formula is C16H19ClN2OS. The minimum atomic E-state index is 0.0721. The van der Waals surface area contributed by atoms with Gasteiger partial charge in [-0.2, -0.15) is 0 Å². The van der Waals surface area contributed by atoms with Crippen LogP contribution in [0, 0.1) is 0 Å². The summed E-state index contributed by atoms with van der Waals surface area (Å²) < 4.78 is 0. The number of nitrogens with zero attached hydrogens (tertiary/aromatic N) is 1. The van der Waals surface area contributed by atoms with Crippen molar-refractivity contribution < 1.29 is 4.79 Å². The molecule has 0 bridgehead atoms. The third-order valence-electron chi connectivity index (χ3n) is 3.25. The van der Waals surface area contributed by atoms with E-state index in [0.717, 1.165) is 23.8 Å². The van der Waals surface area contributed by atoms with Gasteiger partial charge in [-0.1, -0.05) is 17.7 Å². The van der Waals surface area contributed by atoms with Gasteiger partial charge in [0.1, 0.15) is 0 Å². The summed E-state index contributed by atoms with van der Waals surface area (Å²) >= 11 is 7.53. The number of rotatable bonds is 6. The maximum absolute atomic E-state index is 12.3. The average Bonchev–Trinajstić information content (AvgIpc) is 2.92. The van der Waals surface area contributed by atoms with Crippen LogP contribution in [0.2, 0.25) is 5.02 Å². The Morgan fingerprint density at radius 1 is 1.29 bits per heavy atom. The van der Waals surface area contributed by atoms with E-state index in [0.29, 0.717) is 12.1 Å². The smallest absolute Gasteiger partial charge is 0.253 e. The topological polar surface area (TPSA) is 32.3 Å². The zero-order valence-electron chi connectivity index (χ0n) is 12.2. The molecule has 21 heavy (non-hydrogen) atoms. The van der Waals surface area contributed by atoms with Crippen LogP contribution in [-0.4, -0.2) is 23.9 Å². The van der Waals surface area contributed by atoms with E-state index in [9.17, 15) is 4.79 Å². The molecule has 1 N–H and O–H groups in total. The zero-order chi connectivity index (χ0) is 15.2. The van der Waals surface area contributed by atoms with Crippen molar-refractivity contribution in [3.8, 4) is 0 Å². The van der Waals surface area contributed by atoms with Crippen molar-refractivity contribution in [1.82, 2.24) is 4.90 Å². The molecule has 0 radical (unpaired) electrons. The molecule has 2 rings (SSSR count). The third kappa shape index (κ3) is 4.22. The number of nitrogens with one attached hydrogen (secondary N) is 1. The molecule has 0 aliphatic rings. The van der Waals surface area contributed by atoms with E-state index >= 15 is 0 Å². The molecule has 0 spiro atoms. The number of carbonyl (C=O) groups excluding carboxylic acids is 1. The van der Waals surface area contributed by atoms with Crippen LogP contribution in [0.3, 0.4) is 0 Å². The van der Waals surface area contributed by atoms with E-state index in [4.69, 9.17) is 11.6 Å². The number of halogens is 1. The lowest BCUT2D eigenvalue weighted by Crippen LogP contribution is -2.30. The minimum absolute atomic E-state index is 0.0721. The second kappa shape index (κ2) is 7.48. The predicted octanol–water partition coefficient (Wildman–Crippen LogP) is 4.50. The molecule has 0 fully saturated rings. The summed E-state index contributed by atoms with van der Waals surface area (Å²) in [5.41, 5.74) is 1.66. The van der Waals surface area contributed by atoms with Gasteiger partial charge in [0.2, 0.25) is 0 Å². The minimum Gasteiger partial charge on any atom is -0.380 e.